The number of hydrogen-bond donors (Lipinski definition) is 1. The third-order valence-corrected chi connectivity index (χ3v) is 5.66. The summed E-state index contributed by atoms with van der Waals surface area (Å²) >= 11 is 0. The van der Waals surface area contributed by atoms with Crippen molar-refractivity contribution in [3.8, 4) is 17.2 Å². The van der Waals surface area contributed by atoms with Gasteiger partial charge in [0.2, 0.25) is 0 Å². The average Bonchev–Trinajstić information content (AvgIpc) is 2.92. The molecule has 1 fully saturated rings. The van der Waals surface area contributed by atoms with E-state index in [1.807, 2.05) is 37.3 Å². The first-order valence-corrected chi connectivity index (χ1v) is 11.9. The molecule has 190 valence electrons. The zero-order chi connectivity index (χ0) is 26.2. The van der Waals surface area contributed by atoms with Gasteiger partial charge in [0.05, 0.1) is 20.3 Å². The van der Waals surface area contributed by atoms with Crippen LogP contribution in [-0.2, 0) is 22.7 Å². The van der Waals surface area contributed by atoms with E-state index in [-0.39, 0.29) is 12.1 Å². The molecule has 3 aromatic rings. The quantitative estimate of drug-likeness (QED) is 0.320. The van der Waals surface area contributed by atoms with Crippen LogP contribution in [-0.4, -0.2) is 36.5 Å². The van der Waals surface area contributed by atoms with E-state index in [1.165, 1.54) is 13.2 Å². The van der Waals surface area contributed by atoms with Gasteiger partial charge in [-0.25, -0.2) is 4.79 Å². The number of carbonyl (C=O) groups excluding carboxylic acids is 3. The smallest absolute Gasteiger partial charge is 0.331 e. The fourth-order valence-electron chi connectivity index (χ4n) is 3.73. The molecule has 3 aromatic carbocycles. The van der Waals surface area contributed by atoms with Crippen LogP contribution in [0.2, 0.25) is 0 Å². The number of carbonyl (C=O) groups is 3. The van der Waals surface area contributed by atoms with Crippen molar-refractivity contribution in [1.29, 1.82) is 0 Å². The first kappa shape index (κ1) is 25.5. The zero-order valence-corrected chi connectivity index (χ0v) is 20.7. The summed E-state index contributed by atoms with van der Waals surface area (Å²) in [5, 5.41) is 2.25. The molecular weight excluding hydrogens is 472 g/mol. The lowest BCUT2D eigenvalue weighted by Crippen LogP contribution is -2.53. The molecule has 1 aliphatic rings. The normalized spacial score (nSPS) is 14.5. The second-order valence-corrected chi connectivity index (χ2v) is 8.39. The second kappa shape index (κ2) is 11.9. The highest BCUT2D eigenvalue weighted by atomic mass is 16.5. The minimum absolute atomic E-state index is 0.0357. The number of amides is 4. The number of imide groups is 2. The maximum atomic E-state index is 13.1. The minimum Gasteiger partial charge on any atom is -0.493 e. The Balaban J connectivity index is 1.47. The van der Waals surface area contributed by atoms with Gasteiger partial charge in [-0.3, -0.25) is 19.8 Å². The third-order valence-electron chi connectivity index (χ3n) is 5.66. The van der Waals surface area contributed by atoms with E-state index in [1.54, 1.807) is 42.5 Å². The van der Waals surface area contributed by atoms with Crippen molar-refractivity contribution in [3.63, 3.8) is 0 Å². The van der Waals surface area contributed by atoms with Gasteiger partial charge < -0.3 is 14.2 Å². The number of nitrogens with zero attached hydrogens (tertiary/aromatic N) is 1. The van der Waals surface area contributed by atoms with Gasteiger partial charge in [0.1, 0.15) is 17.9 Å². The van der Waals surface area contributed by atoms with E-state index < -0.39 is 17.8 Å². The van der Waals surface area contributed by atoms with Gasteiger partial charge in [0, 0.05) is 0 Å². The van der Waals surface area contributed by atoms with Crippen LogP contribution in [0, 0.1) is 0 Å². The zero-order valence-electron chi connectivity index (χ0n) is 20.7. The van der Waals surface area contributed by atoms with Crippen molar-refractivity contribution in [3.05, 3.63) is 95.1 Å². The number of hydrogen-bond acceptors (Lipinski definition) is 6. The van der Waals surface area contributed by atoms with E-state index in [2.05, 4.69) is 5.32 Å². The maximum Gasteiger partial charge on any atom is 0.331 e. The monoisotopic (exact) mass is 500 g/mol. The molecule has 1 heterocycles. The summed E-state index contributed by atoms with van der Waals surface area (Å²) in [5.41, 5.74) is 2.19. The molecule has 0 radical (unpaired) electrons. The standard InChI is InChI=1S/C29H28N2O6/c1-3-15-36-25-14-11-22(17-26(25)35-2)18-31-28(33)24(27(32)30-29(31)34)16-20-9-12-23(13-10-20)37-19-21-7-5-4-6-8-21/h4-14,16-17H,3,15,18-19H2,1-2H3,(H,30,32,34)/b24-16+. The van der Waals surface area contributed by atoms with Gasteiger partial charge >= 0.3 is 6.03 Å². The van der Waals surface area contributed by atoms with Crippen LogP contribution in [0.25, 0.3) is 6.08 Å². The molecule has 0 unspecified atom stereocenters. The van der Waals surface area contributed by atoms with Crippen molar-refractivity contribution in [1.82, 2.24) is 10.2 Å². The molecule has 4 rings (SSSR count). The molecule has 1 saturated heterocycles. The average molecular weight is 501 g/mol. The van der Waals surface area contributed by atoms with Crippen LogP contribution in [0.3, 0.4) is 0 Å². The summed E-state index contributed by atoms with van der Waals surface area (Å²) < 4.78 is 16.8. The number of benzene rings is 3. The van der Waals surface area contributed by atoms with Crippen LogP contribution in [0.4, 0.5) is 4.79 Å². The Morgan fingerprint density at radius 1 is 0.865 bits per heavy atom. The molecule has 0 spiro atoms. The molecule has 1 N–H and O–H groups in total. The van der Waals surface area contributed by atoms with E-state index in [0.717, 1.165) is 16.9 Å². The predicted octanol–water partition coefficient (Wildman–Crippen LogP) is 4.73. The molecule has 37 heavy (non-hydrogen) atoms. The van der Waals surface area contributed by atoms with Crippen molar-refractivity contribution >= 4 is 23.9 Å². The summed E-state index contributed by atoms with van der Waals surface area (Å²) in [6.07, 6.45) is 2.31. The van der Waals surface area contributed by atoms with Gasteiger partial charge in [-0.15, -0.1) is 0 Å². The molecule has 4 amide bonds. The lowest BCUT2D eigenvalue weighted by atomic mass is 10.1. The number of barbiturate groups is 1. The summed E-state index contributed by atoms with van der Waals surface area (Å²) in [7, 11) is 1.52. The summed E-state index contributed by atoms with van der Waals surface area (Å²) in [6.45, 7) is 2.93. The van der Waals surface area contributed by atoms with Crippen LogP contribution in [0.15, 0.2) is 78.4 Å². The Morgan fingerprint density at radius 2 is 1.62 bits per heavy atom. The number of ether oxygens (including phenoxy) is 3. The predicted molar refractivity (Wildman–Crippen MR) is 138 cm³/mol. The van der Waals surface area contributed by atoms with Crippen molar-refractivity contribution in [2.75, 3.05) is 13.7 Å². The number of urea groups is 1. The van der Waals surface area contributed by atoms with Crippen LogP contribution >= 0.6 is 0 Å². The second-order valence-electron chi connectivity index (χ2n) is 8.39. The Morgan fingerprint density at radius 3 is 2.32 bits per heavy atom. The van der Waals surface area contributed by atoms with Gasteiger partial charge in [-0.2, -0.15) is 0 Å². The van der Waals surface area contributed by atoms with Gasteiger partial charge in [0.15, 0.2) is 11.5 Å². The molecule has 0 saturated carbocycles. The number of nitrogens with one attached hydrogen (secondary N) is 1. The molecule has 8 nitrogen and oxygen atoms in total. The van der Waals surface area contributed by atoms with Crippen LogP contribution in [0.5, 0.6) is 17.2 Å². The van der Waals surface area contributed by atoms with Gasteiger partial charge in [0.25, 0.3) is 11.8 Å². The molecule has 0 aliphatic carbocycles. The topological polar surface area (TPSA) is 94.2 Å². The van der Waals surface area contributed by atoms with Crippen LogP contribution < -0.4 is 19.5 Å². The first-order valence-electron chi connectivity index (χ1n) is 11.9. The Bertz CT molecular complexity index is 1300. The third kappa shape index (κ3) is 6.35. The van der Waals surface area contributed by atoms with Crippen molar-refractivity contribution in [2.24, 2.45) is 0 Å². The maximum absolute atomic E-state index is 13.1. The minimum atomic E-state index is -0.776. The van der Waals surface area contributed by atoms with E-state index in [9.17, 15) is 14.4 Å². The van der Waals surface area contributed by atoms with E-state index >= 15 is 0 Å². The largest absolute Gasteiger partial charge is 0.493 e. The molecule has 0 atom stereocenters. The Hall–Kier alpha value is -4.59. The molecule has 0 aromatic heterocycles. The van der Waals surface area contributed by atoms with E-state index in [4.69, 9.17) is 14.2 Å². The van der Waals surface area contributed by atoms with E-state index in [0.29, 0.717) is 41.6 Å². The summed E-state index contributed by atoms with van der Waals surface area (Å²) in [4.78, 5) is 39.1. The SMILES string of the molecule is CCCOc1ccc(CN2C(=O)NC(=O)/C(=C\c3ccc(OCc4ccccc4)cc3)C2=O)cc1OC. The fraction of sp³-hybridized carbons (Fsp3) is 0.207. The Kier molecular flexibility index (Phi) is 8.20. The molecule has 8 heteroatoms. The Labute approximate surface area is 215 Å². The number of rotatable bonds is 10. The fourth-order valence-corrected chi connectivity index (χ4v) is 3.73. The molecule has 0 bridgehead atoms. The lowest BCUT2D eigenvalue weighted by Gasteiger charge is -2.26. The summed E-state index contributed by atoms with van der Waals surface area (Å²) in [5.74, 6) is 0.314. The highest BCUT2D eigenvalue weighted by molar-refractivity contribution is 6.30. The first-order chi connectivity index (χ1) is 18.0. The summed E-state index contributed by atoms with van der Waals surface area (Å²) in [6, 6.07) is 21.2. The lowest BCUT2D eigenvalue weighted by molar-refractivity contribution is -0.130. The molecule has 1 aliphatic heterocycles. The van der Waals surface area contributed by atoms with Crippen LogP contribution in [0.1, 0.15) is 30.0 Å². The highest BCUT2D eigenvalue weighted by Gasteiger charge is 2.35. The highest BCUT2D eigenvalue weighted by Crippen LogP contribution is 2.29. The van der Waals surface area contributed by atoms with Gasteiger partial charge in [-0.1, -0.05) is 55.5 Å². The number of methoxy groups -OCH3 is 1. The van der Waals surface area contributed by atoms with Gasteiger partial charge in [-0.05, 0) is 53.5 Å². The molecular formula is C29H28N2O6. The van der Waals surface area contributed by atoms with Crippen molar-refractivity contribution < 1.29 is 28.6 Å². The van der Waals surface area contributed by atoms with Crippen molar-refractivity contribution in [2.45, 2.75) is 26.5 Å².